The Hall–Kier alpha value is -1.40. The van der Waals surface area contributed by atoms with Gasteiger partial charge in [-0.05, 0) is 44.7 Å². The summed E-state index contributed by atoms with van der Waals surface area (Å²) < 4.78 is 32.0. The fraction of sp³-hybridized carbons (Fsp3) is 0.533. The highest BCUT2D eigenvalue weighted by Crippen LogP contribution is 2.27. The molecule has 0 aliphatic carbocycles. The van der Waals surface area contributed by atoms with Crippen LogP contribution in [0, 0.1) is 6.92 Å². The molecule has 1 fully saturated rings. The highest BCUT2D eigenvalue weighted by Gasteiger charge is 2.38. The van der Waals surface area contributed by atoms with Crippen molar-refractivity contribution in [3.05, 3.63) is 29.8 Å². The first-order valence-electron chi connectivity index (χ1n) is 7.22. The van der Waals surface area contributed by atoms with Gasteiger partial charge in [-0.15, -0.1) is 0 Å². The van der Waals surface area contributed by atoms with Crippen molar-refractivity contribution in [3.63, 3.8) is 0 Å². The fourth-order valence-electron chi connectivity index (χ4n) is 2.64. The molecule has 116 valence electrons. The molecule has 1 heterocycles. The average molecular weight is 311 g/mol. The van der Waals surface area contributed by atoms with Gasteiger partial charge in [0.15, 0.2) is 0 Å². The Bertz CT molecular complexity index is 612. The molecule has 0 spiro atoms. The van der Waals surface area contributed by atoms with Gasteiger partial charge in [0.1, 0.15) is 6.04 Å². The monoisotopic (exact) mass is 311 g/mol. The van der Waals surface area contributed by atoms with Crippen LogP contribution in [0.5, 0.6) is 0 Å². The lowest BCUT2D eigenvalue weighted by Gasteiger charge is -2.33. The van der Waals surface area contributed by atoms with Gasteiger partial charge >= 0.3 is 5.97 Å². The number of carbonyl (C=O) groups excluding carboxylic acids is 1. The Morgan fingerprint density at radius 1 is 1.33 bits per heavy atom. The zero-order valence-corrected chi connectivity index (χ0v) is 13.2. The van der Waals surface area contributed by atoms with Gasteiger partial charge in [0.05, 0.1) is 11.5 Å². The number of esters is 1. The highest BCUT2D eigenvalue weighted by molar-refractivity contribution is 7.89. The minimum atomic E-state index is -3.67. The van der Waals surface area contributed by atoms with Crippen LogP contribution in [0.3, 0.4) is 0 Å². The Balaban J connectivity index is 2.36. The molecule has 1 aromatic carbocycles. The summed E-state index contributed by atoms with van der Waals surface area (Å²) in [5.41, 5.74) is 0.686. The van der Waals surface area contributed by atoms with Gasteiger partial charge in [-0.1, -0.05) is 18.2 Å². The predicted octanol–water partition coefficient (Wildman–Crippen LogP) is 2.10. The molecule has 1 aromatic rings. The second-order valence-electron chi connectivity index (χ2n) is 5.14. The van der Waals surface area contributed by atoms with Crippen molar-refractivity contribution >= 4 is 16.0 Å². The molecular formula is C15H21NO4S. The van der Waals surface area contributed by atoms with Gasteiger partial charge in [-0.2, -0.15) is 4.31 Å². The van der Waals surface area contributed by atoms with Gasteiger partial charge in [0.2, 0.25) is 10.0 Å². The lowest BCUT2D eigenvalue weighted by Crippen LogP contribution is -2.48. The Labute approximate surface area is 126 Å². The molecule has 1 atom stereocenters. The molecule has 1 aliphatic rings. The van der Waals surface area contributed by atoms with Gasteiger partial charge < -0.3 is 4.74 Å². The minimum absolute atomic E-state index is 0.258. The summed E-state index contributed by atoms with van der Waals surface area (Å²) in [6, 6.07) is 6.14. The van der Waals surface area contributed by atoms with Gasteiger partial charge in [-0.3, -0.25) is 4.79 Å². The second-order valence-corrected chi connectivity index (χ2v) is 7.00. The number of rotatable bonds is 4. The molecule has 0 N–H and O–H groups in total. The molecule has 0 amide bonds. The lowest BCUT2D eigenvalue weighted by atomic mass is 10.1. The largest absolute Gasteiger partial charge is 0.465 e. The van der Waals surface area contributed by atoms with E-state index in [1.165, 1.54) is 4.31 Å². The van der Waals surface area contributed by atoms with E-state index in [9.17, 15) is 13.2 Å². The van der Waals surface area contributed by atoms with E-state index in [-0.39, 0.29) is 11.5 Å². The standard InChI is InChI=1S/C15H21NO4S/c1-3-20-15(17)13-9-6-7-11-16(13)21(18,19)14-10-5-4-8-12(14)2/h4-5,8,10,13H,3,6-7,9,11H2,1-2H3. The zero-order valence-electron chi connectivity index (χ0n) is 12.4. The quantitative estimate of drug-likeness (QED) is 0.799. The van der Waals surface area contributed by atoms with Crippen LogP contribution in [0.2, 0.25) is 0 Å². The smallest absolute Gasteiger partial charge is 0.324 e. The number of hydrogen-bond donors (Lipinski definition) is 0. The minimum Gasteiger partial charge on any atom is -0.465 e. The summed E-state index contributed by atoms with van der Waals surface area (Å²) in [6.45, 7) is 4.10. The Morgan fingerprint density at radius 3 is 2.71 bits per heavy atom. The molecule has 21 heavy (non-hydrogen) atoms. The molecule has 0 saturated carbocycles. The molecule has 1 unspecified atom stereocenters. The van der Waals surface area contributed by atoms with Crippen molar-refractivity contribution in [2.24, 2.45) is 0 Å². The summed E-state index contributed by atoms with van der Waals surface area (Å²) in [7, 11) is -3.67. The van der Waals surface area contributed by atoms with Crippen LogP contribution in [0.1, 0.15) is 31.7 Å². The summed E-state index contributed by atoms with van der Waals surface area (Å²) in [5.74, 6) is -0.450. The number of ether oxygens (including phenoxy) is 1. The highest BCUT2D eigenvalue weighted by atomic mass is 32.2. The first-order valence-corrected chi connectivity index (χ1v) is 8.66. The number of nitrogens with zero attached hydrogens (tertiary/aromatic N) is 1. The summed E-state index contributed by atoms with van der Waals surface area (Å²) >= 11 is 0. The molecule has 6 heteroatoms. The first-order chi connectivity index (χ1) is 9.98. The summed E-state index contributed by atoms with van der Waals surface area (Å²) in [4.78, 5) is 12.3. The van der Waals surface area contributed by atoms with Gasteiger partial charge in [0.25, 0.3) is 0 Å². The number of sulfonamides is 1. The van der Waals surface area contributed by atoms with Crippen molar-refractivity contribution in [3.8, 4) is 0 Å². The fourth-order valence-corrected chi connectivity index (χ4v) is 4.51. The molecule has 1 saturated heterocycles. The number of piperidine rings is 1. The van der Waals surface area contributed by atoms with Crippen molar-refractivity contribution in [2.75, 3.05) is 13.2 Å². The third-order valence-corrected chi connectivity index (χ3v) is 5.76. The van der Waals surface area contributed by atoms with Crippen molar-refractivity contribution in [1.29, 1.82) is 0 Å². The van der Waals surface area contributed by atoms with E-state index in [2.05, 4.69) is 0 Å². The average Bonchev–Trinajstić information content (AvgIpc) is 2.48. The molecule has 0 radical (unpaired) electrons. The van der Waals surface area contributed by atoms with Gasteiger partial charge in [-0.25, -0.2) is 8.42 Å². The van der Waals surface area contributed by atoms with Crippen LogP contribution in [0.4, 0.5) is 0 Å². The predicted molar refractivity (Wildman–Crippen MR) is 79.3 cm³/mol. The maximum absolute atomic E-state index is 12.8. The topological polar surface area (TPSA) is 63.7 Å². The van der Waals surface area contributed by atoms with Crippen LogP contribution < -0.4 is 0 Å². The Morgan fingerprint density at radius 2 is 2.05 bits per heavy atom. The number of benzene rings is 1. The maximum Gasteiger partial charge on any atom is 0.324 e. The van der Waals surface area contributed by atoms with Crippen LogP contribution in [-0.2, 0) is 19.6 Å². The first kappa shape index (κ1) is 16.0. The molecule has 1 aliphatic heterocycles. The van der Waals surface area contributed by atoms with Crippen LogP contribution in [0.15, 0.2) is 29.2 Å². The lowest BCUT2D eigenvalue weighted by molar-refractivity contribution is -0.148. The van der Waals surface area contributed by atoms with E-state index in [0.717, 1.165) is 12.8 Å². The molecule has 0 bridgehead atoms. The molecule has 0 aromatic heterocycles. The SMILES string of the molecule is CCOC(=O)C1CCCCN1S(=O)(=O)c1ccccc1C. The van der Waals surface area contributed by atoms with E-state index in [0.29, 0.717) is 18.5 Å². The second kappa shape index (κ2) is 6.58. The molecule has 2 rings (SSSR count). The summed E-state index contributed by atoms with van der Waals surface area (Å²) in [5, 5.41) is 0. The third-order valence-electron chi connectivity index (χ3n) is 3.69. The molecular weight excluding hydrogens is 290 g/mol. The van der Waals surface area contributed by atoms with E-state index < -0.39 is 22.0 Å². The van der Waals surface area contributed by atoms with E-state index >= 15 is 0 Å². The Kier molecular flexibility index (Phi) is 5.00. The van der Waals surface area contributed by atoms with E-state index in [1.807, 2.05) is 0 Å². The number of aryl methyl sites for hydroxylation is 1. The van der Waals surface area contributed by atoms with E-state index in [4.69, 9.17) is 4.74 Å². The van der Waals surface area contributed by atoms with Crippen LogP contribution >= 0.6 is 0 Å². The van der Waals surface area contributed by atoms with Crippen molar-refractivity contribution in [2.45, 2.75) is 44.0 Å². The number of carbonyl (C=O) groups is 1. The normalized spacial score (nSPS) is 20.2. The van der Waals surface area contributed by atoms with Crippen LogP contribution in [0.25, 0.3) is 0 Å². The number of hydrogen-bond acceptors (Lipinski definition) is 4. The zero-order chi connectivity index (χ0) is 15.5. The van der Waals surface area contributed by atoms with Gasteiger partial charge in [0, 0.05) is 6.54 Å². The van der Waals surface area contributed by atoms with Crippen LogP contribution in [-0.4, -0.2) is 37.9 Å². The molecule has 5 nitrogen and oxygen atoms in total. The maximum atomic E-state index is 12.8. The summed E-state index contributed by atoms with van der Waals surface area (Å²) in [6.07, 6.45) is 2.12. The van der Waals surface area contributed by atoms with Crippen molar-refractivity contribution in [1.82, 2.24) is 4.31 Å². The van der Waals surface area contributed by atoms with E-state index in [1.54, 1.807) is 38.1 Å². The van der Waals surface area contributed by atoms with Crippen molar-refractivity contribution < 1.29 is 17.9 Å². The third kappa shape index (κ3) is 3.27.